The van der Waals surface area contributed by atoms with Gasteiger partial charge in [0.05, 0.1) is 0 Å². The third-order valence-electron chi connectivity index (χ3n) is 2.43. The fourth-order valence-corrected chi connectivity index (χ4v) is 10.0. The molecular formula is C10H16Cl2N4Se2. The Morgan fingerprint density at radius 2 is 1.17 bits per heavy atom. The molecule has 0 saturated carbocycles. The Balaban J connectivity index is 0.00000144. The zero-order valence-corrected chi connectivity index (χ0v) is 15.6. The standard InChI is InChI=1S/C10H16N4Se2.2ClH/c1-11-5-6-12(2)9(11)15-16-10-13(3)7-8-14(10)4;;/h5-8H,1-4H3;2*1H/q+2;;/p-2. The average molecular weight is 421 g/mol. The van der Waals surface area contributed by atoms with E-state index in [0.29, 0.717) is 26.3 Å². The van der Waals surface area contributed by atoms with Gasteiger partial charge < -0.3 is 24.8 Å². The van der Waals surface area contributed by atoms with Crippen LogP contribution in [0.25, 0.3) is 0 Å². The van der Waals surface area contributed by atoms with Crippen LogP contribution in [-0.2, 0) is 28.2 Å². The van der Waals surface area contributed by atoms with Gasteiger partial charge in [0.25, 0.3) is 0 Å². The van der Waals surface area contributed by atoms with Crippen LogP contribution in [0.4, 0.5) is 0 Å². The minimum absolute atomic E-state index is 0. The van der Waals surface area contributed by atoms with Crippen LogP contribution in [-0.4, -0.2) is 35.4 Å². The van der Waals surface area contributed by atoms with E-state index in [1.54, 1.807) is 0 Å². The number of hydrogen-bond donors (Lipinski definition) is 0. The Morgan fingerprint density at radius 3 is 1.39 bits per heavy atom. The van der Waals surface area contributed by atoms with Crippen LogP contribution in [0, 0.1) is 0 Å². The van der Waals surface area contributed by atoms with E-state index in [-0.39, 0.29) is 24.8 Å². The number of rotatable bonds is 3. The molecule has 0 radical (unpaired) electrons. The Morgan fingerprint density at radius 1 is 0.833 bits per heavy atom. The van der Waals surface area contributed by atoms with E-state index in [9.17, 15) is 0 Å². The van der Waals surface area contributed by atoms with Crippen LogP contribution in [0.3, 0.4) is 0 Å². The molecule has 8 heteroatoms. The van der Waals surface area contributed by atoms with Crippen LogP contribution in [0.15, 0.2) is 24.8 Å². The molecule has 2 heterocycles. The molecule has 102 valence electrons. The third-order valence-corrected chi connectivity index (χ3v) is 9.80. The van der Waals surface area contributed by atoms with E-state index >= 15 is 0 Å². The summed E-state index contributed by atoms with van der Waals surface area (Å²) in [7, 11) is 8.49. The summed E-state index contributed by atoms with van der Waals surface area (Å²) in [6.45, 7) is 0. The molecule has 0 aromatic carbocycles. The van der Waals surface area contributed by atoms with E-state index in [1.807, 2.05) is 0 Å². The molecule has 0 bridgehead atoms. The van der Waals surface area contributed by atoms with Gasteiger partial charge in [0.15, 0.2) is 0 Å². The van der Waals surface area contributed by atoms with Crippen LogP contribution in [0.1, 0.15) is 0 Å². The first-order valence-corrected chi connectivity index (χ1v) is 11.0. The number of hydrogen-bond acceptors (Lipinski definition) is 0. The summed E-state index contributed by atoms with van der Waals surface area (Å²) in [5.74, 6) is 0. The van der Waals surface area contributed by atoms with E-state index in [4.69, 9.17) is 0 Å². The summed E-state index contributed by atoms with van der Waals surface area (Å²) in [5.41, 5.74) is 0. The van der Waals surface area contributed by atoms with Crippen molar-refractivity contribution in [1.29, 1.82) is 0 Å². The summed E-state index contributed by atoms with van der Waals surface area (Å²) in [5, 5.41) is 0. The van der Waals surface area contributed by atoms with Gasteiger partial charge in [0, 0.05) is 0 Å². The average Bonchev–Trinajstić information content (AvgIpc) is 2.72. The van der Waals surface area contributed by atoms with E-state index in [0.717, 1.165) is 0 Å². The van der Waals surface area contributed by atoms with Crippen molar-refractivity contribution in [3.63, 3.8) is 0 Å². The van der Waals surface area contributed by atoms with Crippen molar-refractivity contribution in [3.8, 4) is 0 Å². The fourth-order valence-electron chi connectivity index (χ4n) is 1.46. The maximum absolute atomic E-state index is 2.23. The minimum atomic E-state index is 0. The predicted molar refractivity (Wildman–Crippen MR) is 64.0 cm³/mol. The fraction of sp³-hybridized carbons (Fsp3) is 0.400. The first kappa shape index (κ1) is 18.0. The molecule has 0 fully saturated rings. The molecule has 0 aliphatic carbocycles. The minimum Gasteiger partial charge on any atom is -1.00 e. The zero-order valence-electron chi connectivity index (χ0n) is 10.7. The topological polar surface area (TPSA) is 17.6 Å². The smallest absolute Gasteiger partial charge is 1.00 e. The molecular weight excluding hydrogens is 405 g/mol. The second-order valence-corrected chi connectivity index (χ2v) is 9.64. The van der Waals surface area contributed by atoms with Gasteiger partial charge in [-0.25, -0.2) is 0 Å². The van der Waals surface area contributed by atoms with Gasteiger partial charge in [-0.1, -0.05) is 0 Å². The molecule has 0 aliphatic heterocycles. The summed E-state index contributed by atoms with van der Waals surface area (Å²) in [6, 6.07) is 0. The van der Waals surface area contributed by atoms with Crippen LogP contribution in [0.5, 0.6) is 0 Å². The number of halogens is 2. The molecule has 0 atom stereocenters. The van der Waals surface area contributed by atoms with Gasteiger partial charge in [-0.05, 0) is 0 Å². The third kappa shape index (κ3) is 3.77. The van der Waals surface area contributed by atoms with E-state index in [2.05, 4.69) is 71.2 Å². The second-order valence-electron chi connectivity index (χ2n) is 3.77. The number of nitrogens with zero attached hydrogens (tertiary/aromatic N) is 4. The Kier molecular flexibility index (Phi) is 7.60. The van der Waals surface area contributed by atoms with Crippen LogP contribution in [0.2, 0.25) is 0 Å². The molecule has 4 nitrogen and oxygen atoms in total. The Bertz CT molecular complexity index is 425. The maximum Gasteiger partial charge on any atom is -1.00 e. The summed E-state index contributed by atoms with van der Waals surface area (Å²) < 4.78 is 11.8. The maximum atomic E-state index is 2.23. The molecule has 0 aliphatic rings. The zero-order chi connectivity index (χ0) is 11.7. The molecule has 0 saturated heterocycles. The largest absolute Gasteiger partial charge is 1.00 e. The van der Waals surface area contributed by atoms with Gasteiger partial charge in [-0.15, -0.1) is 0 Å². The van der Waals surface area contributed by atoms with Crippen LogP contribution >= 0.6 is 0 Å². The number of aryl methyl sites for hydroxylation is 4. The summed E-state index contributed by atoms with van der Waals surface area (Å²) >= 11 is 1.06. The van der Waals surface area contributed by atoms with Gasteiger partial charge in [-0.2, -0.15) is 0 Å². The van der Waals surface area contributed by atoms with Crippen molar-refractivity contribution in [2.75, 3.05) is 0 Å². The van der Waals surface area contributed by atoms with Gasteiger partial charge in [0.2, 0.25) is 0 Å². The van der Waals surface area contributed by atoms with Crippen molar-refractivity contribution >= 4 is 35.7 Å². The van der Waals surface area contributed by atoms with E-state index < -0.39 is 0 Å². The summed E-state index contributed by atoms with van der Waals surface area (Å²) in [6.07, 6.45) is 8.49. The first-order valence-electron chi connectivity index (χ1n) is 4.96. The van der Waals surface area contributed by atoms with Crippen molar-refractivity contribution in [1.82, 2.24) is 9.13 Å². The van der Waals surface area contributed by atoms with Crippen LogP contribution < -0.4 is 43.4 Å². The number of imidazole rings is 2. The molecule has 2 aromatic rings. The Hall–Kier alpha value is 0.0390. The molecule has 18 heavy (non-hydrogen) atoms. The monoisotopic (exact) mass is 422 g/mol. The van der Waals surface area contributed by atoms with Gasteiger partial charge in [-0.3, -0.25) is 0 Å². The molecule has 0 amide bonds. The second kappa shape index (κ2) is 7.59. The number of aromatic nitrogens is 4. The van der Waals surface area contributed by atoms with Crippen molar-refractivity contribution < 1.29 is 33.9 Å². The SMILES string of the molecule is Cn1cc[n+](C)c1[Se][Se]c1n(C)cc[n+]1C.[Cl-].[Cl-]. The Labute approximate surface area is 131 Å². The molecule has 2 aromatic heterocycles. The first-order chi connectivity index (χ1) is 7.59. The predicted octanol–water partition coefficient (Wildman–Crippen LogP) is -8.71. The quantitative estimate of drug-likeness (QED) is 0.347. The van der Waals surface area contributed by atoms with E-state index in [1.165, 1.54) is 9.45 Å². The normalized spacial score (nSPS) is 9.78. The molecule has 0 unspecified atom stereocenters. The molecule has 0 spiro atoms. The summed E-state index contributed by atoms with van der Waals surface area (Å²) in [4.78, 5) is 0. The van der Waals surface area contributed by atoms with Crippen molar-refractivity contribution in [3.05, 3.63) is 24.8 Å². The van der Waals surface area contributed by atoms with Crippen molar-refractivity contribution in [2.45, 2.75) is 0 Å². The molecule has 2 rings (SSSR count). The molecule has 0 N–H and O–H groups in total. The van der Waals surface area contributed by atoms with Gasteiger partial charge >= 0.3 is 107 Å². The van der Waals surface area contributed by atoms with Crippen molar-refractivity contribution in [2.24, 2.45) is 28.2 Å². The van der Waals surface area contributed by atoms with Gasteiger partial charge in [0.1, 0.15) is 0 Å².